The van der Waals surface area contributed by atoms with E-state index in [2.05, 4.69) is 27.8 Å². The van der Waals surface area contributed by atoms with Gasteiger partial charge in [0, 0.05) is 13.1 Å². The molecule has 0 radical (unpaired) electrons. The summed E-state index contributed by atoms with van der Waals surface area (Å²) in [5.41, 5.74) is -1.01. The van der Waals surface area contributed by atoms with Gasteiger partial charge in [-0.25, -0.2) is 17.5 Å². The molecule has 280 valence electrons. The third-order valence-corrected chi connectivity index (χ3v) is 12.2. The van der Waals surface area contributed by atoms with Gasteiger partial charge in [-0.15, -0.1) is 6.58 Å². The van der Waals surface area contributed by atoms with Gasteiger partial charge in [0.15, 0.2) is 0 Å². The van der Waals surface area contributed by atoms with Crippen LogP contribution in [0.1, 0.15) is 78.6 Å². The van der Waals surface area contributed by atoms with Crippen molar-refractivity contribution < 1.29 is 37.2 Å². The minimum absolute atomic E-state index is 0.0113. The molecule has 51 heavy (non-hydrogen) atoms. The molecule has 6 amide bonds. The molecule has 14 nitrogen and oxygen atoms in total. The molecule has 2 heterocycles. The van der Waals surface area contributed by atoms with Crippen molar-refractivity contribution in [3.63, 3.8) is 0 Å². The first-order valence-electron chi connectivity index (χ1n) is 17.5. The molecule has 1 aliphatic carbocycles. The molecule has 1 saturated heterocycles. The van der Waals surface area contributed by atoms with Crippen molar-refractivity contribution in [3.8, 4) is 0 Å². The molecule has 1 unspecified atom stereocenters. The van der Waals surface area contributed by atoms with Crippen molar-refractivity contribution in [2.75, 3.05) is 19.6 Å². The number of sulfonamides is 1. The summed E-state index contributed by atoms with van der Waals surface area (Å²) >= 11 is 0. The van der Waals surface area contributed by atoms with Crippen molar-refractivity contribution >= 4 is 45.5 Å². The molecular weight excluding hydrogens is 676 g/mol. The van der Waals surface area contributed by atoms with Gasteiger partial charge in [0.2, 0.25) is 17.6 Å². The standard InChI is InChI=1S/C36H52N6O8S/c1-10-14-23(28(43)31(45)37-17-11-2)38-30(44)27-26-22(36(26,8)9)18-41(27)33(47)29(35(5,6)7)40-34(48)39-24(20(3)4)19-42-32(46)21-15-12-13-16-25(21)51(42,49)50/h11-13,15-16,20,22-24,26-27,29H,2,10,14,17-19H2,1,3-9H3,(H,37,45)(H,38,44)(H2,39,40,48)/t22-,23?,24+,26-,27-,29+/m0/s1. The number of hydrogen-bond acceptors (Lipinski definition) is 8. The number of benzene rings is 1. The zero-order valence-corrected chi connectivity index (χ0v) is 31.6. The van der Waals surface area contributed by atoms with E-state index < -0.39 is 75.0 Å². The Morgan fingerprint density at radius 3 is 2.27 bits per heavy atom. The number of carbonyl (C=O) groups is 6. The van der Waals surface area contributed by atoms with E-state index in [0.29, 0.717) is 6.42 Å². The summed E-state index contributed by atoms with van der Waals surface area (Å²) in [4.78, 5) is 81.8. The second-order valence-corrected chi connectivity index (χ2v) is 17.5. The Morgan fingerprint density at radius 2 is 1.71 bits per heavy atom. The van der Waals surface area contributed by atoms with Crippen LogP contribution < -0.4 is 21.3 Å². The number of rotatable bonds is 14. The Hall–Kier alpha value is -4.27. The van der Waals surface area contributed by atoms with E-state index in [4.69, 9.17) is 0 Å². The maximum absolute atomic E-state index is 14.4. The van der Waals surface area contributed by atoms with Crippen molar-refractivity contribution in [3.05, 3.63) is 42.5 Å². The Kier molecular flexibility index (Phi) is 11.4. The fraction of sp³-hybridized carbons (Fsp3) is 0.611. The average molecular weight is 729 g/mol. The maximum Gasteiger partial charge on any atom is 0.315 e. The van der Waals surface area contributed by atoms with Gasteiger partial charge >= 0.3 is 6.03 Å². The third kappa shape index (κ3) is 7.82. The molecule has 2 fully saturated rings. The van der Waals surface area contributed by atoms with Gasteiger partial charge in [0.1, 0.15) is 17.0 Å². The highest BCUT2D eigenvalue weighted by molar-refractivity contribution is 7.90. The minimum atomic E-state index is -4.12. The van der Waals surface area contributed by atoms with Gasteiger partial charge in [-0.05, 0) is 47.1 Å². The molecule has 6 atom stereocenters. The topological polar surface area (TPSA) is 191 Å². The lowest BCUT2D eigenvalue weighted by Crippen LogP contribution is -2.62. The number of nitrogens with zero attached hydrogens (tertiary/aromatic N) is 2. The lowest BCUT2D eigenvalue weighted by atomic mass is 9.85. The monoisotopic (exact) mass is 728 g/mol. The van der Waals surface area contributed by atoms with Gasteiger partial charge in [0.25, 0.3) is 21.8 Å². The lowest BCUT2D eigenvalue weighted by molar-refractivity contribution is -0.145. The maximum atomic E-state index is 14.4. The first-order chi connectivity index (χ1) is 23.7. The van der Waals surface area contributed by atoms with E-state index >= 15 is 0 Å². The minimum Gasteiger partial charge on any atom is -0.346 e. The SMILES string of the molecule is C=CCNC(=O)C(=O)C(CCC)NC(=O)[C@@H]1[C@@H]2[C@H](CN1C(=O)[C@@H](NC(=O)N[C@H](CN1C(=O)c3ccccc3S1(=O)=O)C(C)C)C(C)(C)C)C2(C)C. The fourth-order valence-corrected chi connectivity index (χ4v) is 8.80. The van der Waals surface area contributed by atoms with Crippen molar-refractivity contribution in [1.29, 1.82) is 0 Å². The van der Waals surface area contributed by atoms with Crippen LogP contribution in [0, 0.1) is 28.6 Å². The second kappa shape index (κ2) is 14.8. The van der Waals surface area contributed by atoms with Crippen LogP contribution in [0.5, 0.6) is 0 Å². The fourth-order valence-electron chi connectivity index (χ4n) is 7.21. The van der Waals surface area contributed by atoms with E-state index in [0.717, 1.165) is 4.31 Å². The zero-order chi connectivity index (χ0) is 38.2. The summed E-state index contributed by atoms with van der Waals surface area (Å²) in [7, 11) is -4.12. The molecule has 0 spiro atoms. The smallest absolute Gasteiger partial charge is 0.315 e. The average Bonchev–Trinajstić information content (AvgIpc) is 3.31. The Labute approximate surface area is 300 Å². The molecule has 1 aromatic carbocycles. The van der Waals surface area contributed by atoms with Gasteiger partial charge in [-0.1, -0.05) is 80.0 Å². The Balaban J connectivity index is 1.52. The van der Waals surface area contributed by atoms with E-state index in [1.54, 1.807) is 40.7 Å². The number of fused-ring (bicyclic) bond motifs is 2. The number of Topliss-reactive ketones (excluding diaryl/α,β-unsaturated/α-hetero) is 1. The first kappa shape index (κ1) is 39.5. The largest absolute Gasteiger partial charge is 0.346 e. The molecule has 0 bridgehead atoms. The Morgan fingerprint density at radius 1 is 1.06 bits per heavy atom. The summed E-state index contributed by atoms with van der Waals surface area (Å²) in [6.07, 6.45) is 2.19. The van der Waals surface area contributed by atoms with Gasteiger partial charge in [-0.2, -0.15) is 0 Å². The van der Waals surface area contributed by atoms with Gasteiger partial charge in [-0.3, -0.25) is 24.0 Å². The Bertz CT molecular complexity index is 1700. The summed E-state index contributed by atoms with van der Waals surface area (Å²) in [6, 6.07) is 1.25. The van der Waals surface area contributed by atoms with Crippen molar-refractivity contribution in [1.82, 2.24) is 30.5 Å². The van der Waals surface area contributed by atoms with Crippen LogP contribution in [-0.4, -0.2) is 96.9 Å². The van der Waals surface area contributed by atoms with Crippen LogP contribution >= 0.6 is 0 Å². The molecule has 3 aliphatic rings. The van der Waals surface area contributed by atoms with Gasteiger partial charge in [0.05, 0.1) is 24.2 Å². The lowest BCUT2D eigenvalue weighted by Gasteiger charge is -2.38. The van der Waals surface area contributed by atoms with E-state index in [1.807, 2.05) is 20.8 Å². The summed E-state index contributed by atoms with van der Waals surface area (Å²) < 4.78 is 27.2. The summed E-state index contributed by atoms with van der Waals surface area (Å²) in [5.74, 6) is -3.82. The highest BCUT2D eigenvalue weighted by Crippen LogP contribution is 2.65. The van der Waals surface area contributed by atoms with Crippen molar-refractivity contribution in [2.24, 2.45) is 28.6 Å². The molecule has 4 N–H and O–H groups in total. The first-order valence-corrected chi connectivity index (χ1v) is 18.9. The summed E-state index contributed by atoms with van der Waals surface area (Å²) in [6.45, 7) is 18.3. The molecular formula is C36H52N6O8S. The highest BCUT2D eigenvalue weighted by Gasteiger charge is 2.70. The van der Waals surface area contributed by atoms with Crippen LogP contribution in [0.4, 0.5) is 4.79 Å². The number of carbonyl (C=O) groups excluding carboxylic acids is 6. The van der Waals surface area contributed by atoms with Crippen LogP contribution in [0.25, 0.3) is 0 Å². The predicted molar refractivity (Wildman–Crippen MR) is 190 cm³/mol. The molecule has 15 heteroatoms. The number of hydrogen-bond donors (Lipinski definition) is 4. The van der Waals surface area contributed by atoms with E-state index in [9.17, 15) is 37.2 Å². The number of likely N-dealkylation sites (tertiary alicyclic amines) is 1. The normalized spacial score (nSPS) is 23.0. The number of amides is 6. The highest BCUT2D eigenvalue weighted by atomic mass is 32.2. The molecule has 0 aromatic heterocycles. The zero-order valence-electron chi connectivity index (χ0n) is 30.7. The second-order valence-electron chi connectivity index (χ2n) is 15.7. The molecule has 4 rings (SSSR count). The van der Waals surface area contributed by atoms with Gasteiger partial charge < -0.3 is 26.2 Å². The number of ketones is 1. The number of nitrogens with one attached hydrogen (secondary N) is 4. The molecule has 2 aliphatic heterocycles. The van der Waals surface area contributed by atoms with Crippen LogP contribution in [0.2, 0.25) is 0 Å². The third-order valence-electron chi connectivity index (χ3n) is 10.4. The van der Waals surface area contributed by atoms with Crippen LogP contribution in [0.15, 0.2) is 41.8 Å². The van der Waals surface area contributed by atoms with Crippen LogP contribution in [-0.2, 0) is 29.2 Å². The number of urea groups is 1. The molecule has 1 saturated carbocycles. The number of piperidine rings is 1. The van der Waals surface area contributed by atoms with Crippen molar-refractivity contribution in [2.45, 2.75) is 97.3 Å². The predicted octanol–water partition coefficient (Wildman–Crippen LogP) is 2.21. The summed E-state index contributed by atoms with van der Waals surface area (Å²) in [5, 5.41) is 10.8. The van der Waals surface area contributed by atoms with E-state index in [1.165, 1.54) is 29.2 Å². The van der Waals surface area contributed by atoms with E-state index in [-0.39, 0.29) is 59.7 Å². The van der Waals surface area contributed by atoms with Crippen LogP contribution in [0.3, 0.4) is 0 Å². The quantitative estimate of drug-likeness (QED) is 0.166. The molecule has 1 aromatic rings.